The van der Waals surface area contributed by atoms with E-state index in [1.54, 1.807) is 0 Å². The Kier molecular flexibility index (Phi) is 4.71. The molecular formula is C19H27N3O. The zero-order valence-electron chi connectivity index (χ0n) is 14.4. The van der Waals surface area contributed by atoms with Gasteiger partial charge in [-0.25, -0.2) is 0 Å². The van der Waals surface area contributed by atoms with Gasteiger partial charge < -0.3 is 14.8 Å². The van der Waals surface area contributed by atoms with Crippen LogP contribution in [-0.4, -0.2) is 41.1 Å². The summed E-state index contributed by atoms with van der Waals surface area (Å²) in [5, 5.41) is 4.72. The van der Waals surface area contributed by atoms with E-state index in [1.807, 2.05) is 4.90 Å². The standard InChI is InChI=1S/C19H27N3O/c1-14(20-12-19(23)21-10-6-7-11-21)13-22-16(3)15(2)17-8-4-5-9-18(17)22/h4-5,8-9,14,20H,6-7,10-13H2,1-3H3/t14-/m0/s1. The van der Waals surface area contributed by atoms with Crippen molar-refractivity contribution in [3.8, 4) is 0 Å². The normalized spacial score (nSPS) is 16.2. The Morgan fingerprint density at radius 1 is 1.22 bits per heavy atom. The quantitative estimate of drug-likeness (QED) is 0.921. The average molecular weight is 313 g/mol. The Balaban J connectivity index is 1.65. The zero-order valence-corrected chi connectivity index (χ0v) is 14.4. The van der Waals surface area contributed by atoms with Crippen molar-refractivity contribution in [3.63, 3.8) is 0 Å². The third kappa shape index (κ3) is 3.27. The molecule has 0 unspecified atom stereocenters. The minimum absolute atomic E-state index is 0.236. The van der Waals surface area contributed by atoms with Crippen molar-refractivity contribution in [1.29, 1.82) is 0 Å². The van der Waals surface area contributed by atoms with Gasteiger partial charge in [-0.3, -0.25) is 4.79 Å². The number of nitrogens with one attached hydrogen (secondary N) is 1. The van der Waals surface area contributed by atoms with Crippen molar-refractivity contribution < 1.29 is 4.79 Å². The van der Waals surface area contributed by atoms with Crippen LogP contribution in [0.25, 0.3) is 10.9 Å². The van der Waals surface area contributed by atoms with Gasteiger partial charge >= 0.3 is 0 Å². The molecule has 1 saturated heterocycles. The lowest BCUT2D eigenvalue weighted by Gasteiger charge is -2.20. The van der Waals surface area contributed by atoms with E-state index in [0.29, 0.717) is 6.54 Å². The van der Waals surface area contributed by atoms with Gasteiger partial charge in [0.05, 0.1) is 6.54 Å². The van der Waals surface area contributed by atoms with Crippen molar-refractivity contribution in [1.82, 2.24) is 14.8 Å². The third-order valence-electron chi connectivity index (χ3n) is 5.06. The van der Waals surface area contributed by atoms with Crippen LogP contribution in [0.2, 0.25) is 0 Å². The number of likely N-dealkylation sites (tertiary alicyclic amines) is 1. The summed E-state index contributed by atoms with van der Waals surface area (Å²) in [6.07, 6.45) is 2.30. The second-order valence-corrected chi connectivity index (χ2v) is 6.71. The van der Waals surface area contributed by atoms with Crippen molar-refractivity contribution in [2.24, 2.45) is 0 Å². The monoisotopic (exact) mass is 313 g/mol. The van der Waals surface area contributed by atoms with Crippen LogP contribution in [0.1, 0.15) is 31.0 Å². The lowest BCUT2D eigenvalue weighted by atomic mass is 10.2. The number of nitrogens with zero attached hydrogens (tertiary/aromatic N) is 2. The van der Waals surface area contributed by atoms with E-state index in [0.717, 1.165) is 32.5 Å². The second kappa shape index (κ2) is 6.75. The van der Waals surface area contributed by atoms with E-state index in [-0.39, 0.29) is 11.9 Å². The van der Waals surface area contributed by atoms with E-state index >= 15 is 0 Å². The van der Waals surface area contributed by atoms with Gasteiger partial charge in [-0.1, -0.05) is 18.2 Å². The predicted molar refractivity (Wildman–Crippen MR) is 94.7 cm³/mol. The summed E-state index contributed by atoms with van der Waals surface area (Å²) in [4.78, 5) is 14.1. The Morgan fingerprint density at radius 2 is 1.91 bits per heavy atom. The highest BCUT2D eigenvalue weighted by molar-refractivity contribution is 5.85. The van der Waals surface area contributed by atoms with E-state index in [2.05, 4.69) is 54.9 Å². The van der Waals surface area contributed by atoms with Gasteiger partial charge in [-0.15, -0.1) is 0 Å². The average Bonchev–Trinajstić information content (AvgIpc) is 3.17. The van der Waals surface area contributed by atoms with Crippen molar-refractivity contribution >= 4 is 16.8 Å². The minimum Gasteiger partial charge on any atom is -0.343 e. The highest BCUT2D eigenvalue weighted by Gasteiger charge is 2.18. The Morgan fingerprint density at radius 3 is 2.65 bits per heavy atom. The number of benzene rings is 1. The van der Waals surface area contributed by atoms with Crippen LogP contribution in [0.5, 0.6) is 0 Å². The van der Waals surface area contributed by atoms with E-state index in [9.17, 15) is 4.79 Å². The van der Waals surface area contributed by atoms with Gasteiger partial charge in [0.15, 0.2) is 0 Å². The molecule has 2 aromatic rings. The molecule has 2 heterocycles. The van der Waals surface area contributed by atoms with Crippen molar-refractivity contribution in [2.75, 3.05) is 19.6 Å². The lowest BCUT2D eigenvalue weighted by molar-refractivity contribution is -0.129. The molecule has 1 aromatic heterocycles. The molecule has 1 aromatic carbocycles. The van der Waals surface area contributed by atoms with Crippen LogP contribution >= 0.6 is 0 Å². The molecule has 124 valence electrons. The first-order chi connectivity index (χ1) is 11.1. The maximum absolute atomic E-state index is 12.1. The van der Waals surface area contributed by atoms with Crippen LogP contribution in [-0.2, 0) is 11.3 Å². The van der Waals surface area contributed by atoms with Crippen molar-refractivity contribution in [3.05, 3.63) is 35.5 Å². The molecule has 0 radical (unpaired) electrons. The first-order valence-corrected chi connectivity index (χ1v) is 8.63. The van der Waals surface area contributed by atoms with Crippen LogP contribution in [0.15, 0.2) is 24.3 Å². The molecule has 0 saturated carbocycles. The smallest absolute Gasteiger partial charge is 0.236 e. The summed E-state index contributed by atoms with van der Waals surface area (Å²) in [5.74, 6) is 0.236. The van der Waals surface area contributed by atoms with Gasteiger partial charge in [0, 0.05) is 42.3 Å². The summed E-state index contributed by atoms with van der Waals surface area (Å²) in [6.45, 7) is 9.69. The highest BCUT2D eigenvalue weighted by atomic mass is 16.2. The lowest BCUT2D eigenvalue weighted by Crippen LogP contribution is -2.41. The van der Waals surface area contributed by atoms with Gasteiger partial charge in [0.1, 0.15) is 0 Å². The molecule has 1 aliphatic rings. The molecular weight excluding hydrogens is 286 g/mol. The molecule has 0 aliphatic carbocycles. The topological polar surface area (TPSA) is 37.3 Å². The van der Waals surface area contributed by atoms with Crippen LogP contribution < -0.4 is 5.32 Å². The number of amides is 1. The van der Waals surface area contributed by atoms with Gasteiger partial charge in [-0.05, 0) is 45.2 Å². The molecule has 1 aliphatic heterocycles. The number of aryl methyl sites for hydroxylation is 1. The predicted octanol–water partition coefficient (Wildman–Crippen LogP) is 2.86. The number of hydrogen-bond donors (Lipinski definition) is 1. The molecule has 4 nitrogen and oxygen atoms in total. The third-order valence-corrected chi connectivity index (χ3v) is 5.06. The fraction of sp³-hybridized carbons (Fsp3) is 0.526. The molecule has 1 atom stereocenters. The van der Waals surface area contributed by atoms with E-state index < -0.39 is 0 Å². The number of rotatable bonds is 5. The molecule has 3 rings (SSSR count). The second-order valence-electron chi connectivity index (χ2n) is 6.71. The molecule has 0 bridgehead atoms. The SMILES string of the molecule is Cc1c(C)n(C[C@H](C)NCC(=O)N2CCCC2)c2ccccc12. The minimum atomic E-state index is 0.236. The van der Waals surface area contributed by atoms with Crippen LogP contribution in [0.3, 0.4) is 0 Å². The Bertz CT molecular complexity index is 698. The number of carbonyl (C=O) groups excluding carboxylic acids is 1. The number of aromatic nitrogens is 1. The molecule has 4 heteroatoms. The van der Waals surface area contributed by atoms with Gasteiger partial charge in [0.25, 0.3) is 0 Å². The highest BCUT2D eigenvalue weighted by Crippen LogP contribution is 2.25. The molecule has 1 amide bonds. The summed E-state index contributed by atoms with van der Waals surface area (Å²) >= 11 is 0. The molecule has 1 fully saturated rings. The van der Waals surface area contributed by atoms with Crippen LogP contribution in [0.4, 0.5) is 0 Å². The fourth-order valence-electron chi connectivity index (χ4n) is 3.52. The van der Waals surface area contributed by atoms with Gasteiger partial charge in [0.2, 0.25) is 5.91 Å². The fourth-order valence-corrected chi connectivity index (χ4v) is 3.52. The first-order valence-electron chi connectivity index (χ1n) is 8.63. The number of para-hydroxylation sites is 1. The molecule has 0 spiro atoms. The zero-order chi connectivity index (χ0) is 16.4. The molecule has 23 heavy (non-hydrogen) atoms. The maximum Gasteiger partial charge on any atom is 0.236 e. The summed E-state index contributed by atoms with van der Waals surface area (Å²) < 4.78 is 2.36. The summed E-state index contributed by atoms with van der Waals surface area (Å²) in [6, 6.07) is 8.80. The number of carbonyl (C=O) groups is 1. The number of fused-ring (bicyclic) bond motifs is 1. The van der Waals surface area contributed by atoms with Gasteiger partial charge in [-0.2, -0.15) is 0 Å². The Hall–Kier alpha value is -1.81. The number of hydrogen-bond acceptors (Lipinski definition) is 2. The summed E-state index contributed by atoms with van der Waals surface area (Å²) in [7, 11) is 0. The van der Waals surface area contributed by atoms with E-state index in [1.165, 1.54) is 22.2 Å². The molecule has 1 N–H and O–H groups in total. The summed E-state index contributed by atoms with van der Waals surface area (Å²) in [5.41, 5.74) is 3.94. The van der Waals surface area contributed by atoms with Crippen LogP contribution in [0, 0.1) is 13.8 Å². The maximum atomic E-state index is 12.1. The van der Waals surface area contributed by atoms with Crippen molar-refractivity contribution in [2.45, 2.75) is 46.2 Å². The largest absolute Gasteiger partial charge is 0.343 e. The van der Waals surface area contributed by atoms with E-state index in [4.69, 9.17) is 0 Å². The first kappa shape index (κ1) is 16.1. The Labute approximate surface area is 138 Å².